The average Bonchev–Trinajstić information content (AvgIpc) is 2.44. The number of rotatable bonds is 4. The second kappa shape index (κ2) is 6.45. The van der Waals surface area contributed by atoms with Gasteiger partial charge in [-0.2, -0.15) is 13.2 Å². The zero-order chi connectivity index (χ0) is 15.5. The van der Waals surface area contributed by atoms with Gasteiger partial charge in [-0.1, -0.05) is 0 Å². The summed E-state index contributed by atoms with van der Waals surface area (Å²) in [5, 5.41) is 0. The first kappa shape index (κ1) is 15.8. The summed E-state index contributed by atoms with van der Waals surface area (Å²) in [4.78, 5) is 10.6. The largest absolute Gasteiger partial charge is 0.493 e. The molecule has 1 aliphatic rings. The molecule has 0 radical (unpaired) electrons. The summed E-state index contributed by atoms with van der Waals surface area (Å²) in [5.41, 5.74) is 0.172. The molecule has 0 bridgehead atoms. The summed E-state index contributed by atoms with van der Waals surface area (Å²) in [7, 11) is 0. The van der Waals surface area contributed by atoms with Gasteiger partial charge >= 0.3 is 6.18 Å². The number of halogens is 4. The van der Waals surface area contributed by atoms with Gasteiger partial charge in [-0.25, -0.2) is 4.39 Å². The van der Waals surface area contributed by atoms with Crippen LogP contribution in [0.4, 0.5) is 17.6 Å². The van der Waals surface area contributed by atoms with Gasteiger partial charge in [-0.15, -0.1) is 0 Å². The van der Waals surface area contributed by atoms with E-state index in [0.717, 1.165) is 12.1 Å². The molecule has 0 aliphatic heterocycles. The Kier molecular flexibility index (Phi) is 4.85. The molecule has 1 fully saturated rings. The number of hydrogen-bond acceptors (Lipinski definition) is 2. The zero-order valence-corrected chi connectivity index (χ0v) is 11.3. The number of benzene rings is 1. The van der Waals surface area contributed by atoms with Crippen molar-refractivity contribution < 1.29 is 27.1 Å². The smallest absolute Gasteiger partial charge is 0.391 e. The van der Waals surface area contributed by atoms with Crippen molar-refractivity contribution in [3.8, 4) is 5.75 Å². The third-order valence-electron chi connectivity index (χ3n) is 3.83. The van der Waals surface area contributed by atoms with Crippen LogP contribution in [0, 0.1) is 17.7 Å². The van der Waals surface area contributed by atoms with E-state index >= 15 is 0 Å². The highest BCUT2D eigenvalue weighted by Crippen LogP contribution is 2.39. The fourth-order valence-corrected chi connectivity index (χ4v) is 2.61. The second-order valence-corrected chi connectivity index (χ2v) is 5.41. The summed E-state index contributed by atoms with van der Waals surface area (Å²) < 4.78 is 56.2. The highest BCUT2D eigenvalue weighted by Gasteiger charge is 2.41. The van der Waals surface area contributed by atoms with Gasteiger partial charge in [0.05, 0.1) is 12.5 Å². The summed E-state index contributed by atoms with van der Waals surface area (Å²) >= 11 is 0. The maximum Gasteiger partial charge on any atom is 0.391 e. The van der Waals surface area contributed by atoms with Crippen LogP contribution in [0.3, 0.4) is 0 Å². The molecule has 116 valence electrons. The van der Waals surface area contributed by atoms with Crippen LogP contribution >= 0.6 is 0 Å². The van der Waals surface area contributed by atoms with Crippen LogP contribution in [0.5, 0.6) is 5.75 Å². The van der Waals surface area contributed by atoms with Crippen LogP contribution in [-0.4, -0.2) is 19.1 Å². The topological polar surface area (TPSA) is 26.3 Å². The fraction of sp³-hybridized carbons (Fsp3) is 0.533. The van der Waals surface area contributed by atoms with Crippen LogP contribution < -0.4 is 4.74 Å². The molecule has 0 amide bonds. The molecule has 0 spiro atoms. The molecule has 21 heavy (non-hydrogen) atoms. The summed E-state index contributed by atoms with van der Waals surface area (Å²) in [6, 6.07) is 3.67. The fourth-order valence-electron chi connectivity index (χ4n) is 2.61. The SMILES string of the molecule is O=Cc1cc(F)cc(OC[C@H]2CC[C@@H](C(F)(F)F)CC2)c1. The second-order valence-electron chi connectivity index (χ2n) is 5.41. The quantitative estimate of drug-likeness (QED) is 0.609. The van der Waals surface area contributed by atoms with Crippen molar-refractivity contribution in [2.24, 2.45) is 11.8 Å². The summed E-state index contributed by atoms with van der Waals surface area (Å²) in [6.45, 7) is 0.242. The van der Waals surface area contributed by atoms with Crippen molar-refractivity contribution in [1.82, 2.24) is 0 Å². The molecule has 0 unspecified atom stereocenters. The lowest BCUT2D eigenvalue weighted by atomic mass is 9.82. The minimum atomic E-state index is -4.12. The molecular formula is C15H16F4O2. The normalized spacial score (nSPS) is 22.9. The molecule has 0 heterocycles. The predicted molar refractivity (Wildman–Crippen MR) is 68.8 cm³/mol. The van der Waals surface area contributed by atoms with Gasteiger partial charge in [0.15, 0.2) is 0 Å². The number of carbonyl (C=O) groups is 1. The van der Waals surface area contributed by atoms with E-state index in [1.54, 1.807) is 0 Å². The summed E-state index contributed by atoms with van der Waals surface area (Å²) in [6.07, 6.45) is -2.49. The number of hydrogen-bond donors (Lipinski definition) is 0. The van der Waals surface area contributed by atoms with Crippen molar-refractivity contribution >= 4 is 6.29 Å². The highest BCUT2D eigenvalue weighted by molar-refractivity contribution is 5.75. The van der Waals surface area contributed by atoms with Gasteiger partial charge in [-0.05, 0) is 43.7 Å². The lowest BCUT2D eigenvalue weighted by Crippen LogP contribution is -2.29. The third-order valence-corrected chi connectivity index (χ3v) is 3.83. The van der Waals surface area contributed by atoms with Gasteiger partial charge in [0.25, 0.3) is 0 Å². The molecular weight excluding hydrogens is 288 g/mol. The minimum absolute atomic E-state index is 0.0338. The molecule has 6 heteroatoms. The van der Waals surface area contributed by atoms with E-state index in [1.165, 1.54) is 6.07 Å². The van der Waals surface area contributed by atoms with Crippen molar-refractivity contribution in [1.29, 1.82) is 0 Å². The third kappa shape index (κ3) is 4.44. The maximum absolute atomic E-state index is 13.2. The van der Waals surface area contributed by atoms with Gasteiger partial charge < -0.3 is 4.74 Å². The van der Waals surface area contributed by atoms with Crippen LogP contribution in [0.15, 0.2) is 18.2 Å². The maximum atomic E-state index is 13.2. The zero-order valence-electron chi connectivity index (χ0n) is 11.3. The number of alkyl halides is 3. The molecule has 1 aromatic carbocycles. The standard InChI is InChI=1S/C15H16F4O2/c16-13-5-11(8-20)6-14(7-13)21-9-10-1-3-12(4-2-10)15(17,18)19/h5-8,10,12H,1-4,9H2/t10-,12+. The molecule has 0 saturated heterocycles. The molecule has 0 N–H and O–H groups in total. The Morgan fingerprint density at radius 1 is 1.14 bits per heavy atom. The van der Waals surface area contributed by atoms with Gasteiger partial charge in [0.1, 0.15) is 17.9 Å². The molecule has 2 rings (SSSR count). The van der Waals surface area contributed by atoms with E-state index in [1.807, 2.05) is 0 Å². The Morgan fingerprint density at radius 3 is 2.38 bits per heavy atom. The molecule has 1 aromatic rings. The molecule has 2 nitrogen and oxygen atoms in total. The first-order valence-corrected chi connectivity index (χ1v) is 6.84. The number of aldehydes is 1. The number of ether oxygens (including phenoxy) is 1. The highest BCUT2D eigenvalue weighted by atomic mass is 19.4. The van der Waals surface area contributed by atoms with Gasteiger partial charge in [-0.3, -0.25) is 4.79 Å². The Morgan fingerprint density at radius 2 is 1.81 bits per heavy atom. The Bertz CT molecular complexity index is 491. The van der Waals surface area contributed by atoms with E-state index in [-0.39, 0.29) is 36.7 Å². The van der Waals surface area contributed by atoms with E-state index < -0.39 is 17.9 Å². The lowest BCUT2D eigenvalue weighted by Gasteiger charge is -2.29. The minimum Gasteiger partial charge on any atom is -0.493 e. The van der Waals surface area contributed by atoms with Crippen LogP contribution in [0.1, 0.15) is 36.0 Å². The van der Waals surface area contributed by atoms with E-state index in [4.69, 9.17) is 4.74 Å². The molecule has 0 atom stereocenters. The molecule has 0 aromatic heterocycles. The van der Waals surface area contributed by atoms with Crippen molar-refractivity contribution in [3.05, 3.63) is 29.6 Å². The number of carbonyl (C=O) groups excluding carboxylic acids is 1. The summed E-state index contributed by atoms with van der Waals surface area (Å²) in [5.74, 6) is -1.53. The monoisotopic (exact) mass is 304 g/mol. The molecule has 1 saturated carbocycles. The average molecular weight is 304 g/mol. The Labute approximate surface area is 120 Å². The first-order chi connectivity index (χ1) is 9.88. The van der Waals surface area contributed by atoms with Crippen molar-refractivity contribution in [2.45, 2.75) is 31.9 Å². The van der Waals surface area contributed by atoms with Crippen LogP contribution in [0.25, 0.3) is 0 Å². The van der Waals surface area contributed by atoms with E-state index in [9.17, 15) is 22.4 Å². The van der Waals surface area contributed by atoms with Gasteiger partial charge in [0.2, 0.25) is 0 Å². The predicted octanol–water partition coefficient (Wildman–Crippen LogP) is 4.39. The Hall–Kier alpha value is -1.59. The van der Waals surface area contributed by atoms with Crippen molar-refractivity contribution in [2.75, 3.05) is 6.61 Å². The Balaban J connectivity index is 1.85. The first-order valence-electron chi connectivity index (χ1n) is 6.84. The molecule has 1 aliphatic carbocycles. The van der Waals surface area contributed by atoms with Crippen LogP contribution in [0.2, 0.25) is 0 Å². The van der Waals surface area contributed by atoms with Crippen molar-refractivity contribution in [3.63, 3.8) is 0 Å². The lowest BCUT2D eigenvalue weighted by molar-refractivity contribution is -0.184. The van der Waals surface area contributed by atoms with E-state index in [0.29, 0.717) is 19.1 Å². The van der Waals surface area contributed by atoms with Gasteiger partial charge in [0, 0.05) is 11.6 Å². The van der Waals surface area contributed by atoms with Crippen LogP contribution in [-0.2, 0) is 0 Å². The van der Waals surface area contributed by atoms with E-state index in [2.05, 4.69) is 0 Å².